The van der Waals surface area contributed by atoms with Crippen molar-refractivity contribution < 1.29 is 37.1 Å². The average molecular weight is 795 g/mol. The van der Waals surface area contributed by atoms with E-state index in [0.29, 0.717) is 45.6 Å². The lowest BCUT2D eigenvalue weighted by atomic mass is 9.85. The maximum Gasteiger partial charge on any atom is 0.259 e. The van der Waals surface area contributed by atoms with Crippen molar-refractivity contribution in [3.8, 4) is 11.6 Å². The van der Waals surface area contributed by atoms with Crippen LogP contribution in [0.2, 0.25) is 5.02 Å². The molecule has 3 N–H and O–H groups in total. The third kappa shape index (κ3) is 8.23. The van der Waals surface area contributed by atoms with Crippen LogP contribution in [0.15, 0.2) is 61.3 Å². The summed E-state index contributed by atoms with van der Waals surface area (Å²) in [5, 5.41) is 7.22. The lowest BCUT2D eigenvalue weighted by Gasteiger charge is -2.36. The van der Waals surface area contributed by atoms with Crippen molar-refractivity contribution >= 4 is 61.7 Å². The van der Waals surface area contributed by atoms with E-state index in [2.05, 4.69) is 26.9 Å². The van der Waals surface area contributed by atoms with Crippen LogP contribution in [-0.4, -0.2) is 104 Å². The lowest BCUT2D eigenvalue weighted by molar-refractivity contribution is -0.141. The molecule has 3 aliphatic rings. The van der Waals surface area contributed by atoms with Crippen LogP contribution in [0.25, 0.3) is 10.8 Å². The molecule has 2 aromatic carbocycles. The number of amides is 4. The Bertz CT molecular complexity index is 2140. The van der Waals surface area contributed by atoms with Crippen molar-refractivity contribution in [2.75, 3.05) is 33.1 Å². The summed E-state index contributed by atoms with van der Waals surface area (Å²) in [5.74, 6) is -1.84. The van der Waals surface area contributed by atoms with E-state index in [1.807, 2.05) is 20.8 Å². The van der Waals surface area contributed by atoms with Gasteiger partial charge in [-0.05, 0) is 67.1 Å². The minimum Gasteiger partial charge on any atom is -0.494 e. The highest BCUT2D eigenvalue weighted by Gasteiger charge is 2.62. The maximum atomic E-state index is 14.8. The number of halogens is 1. The smallest absolute Gasteiger partial charge is 0.259 e. The zero-order chi connectivity index (χ0) is 40.0. The molecule has 2 aliphatic carbocycles. The highest BCUT2D eigenvalue weighted by atomic mass is 35.5. The highest BCUT2D eigenvalue weighted by Crippen LogP contribution is 2.46. The summed E-state index contributed by atoms with van der Waals surface area (Å²) in [6.07, 6.45) is 3.39. The van der Waals surface area contributed by atoms with Gasteiger partial charge in [0.15, 0.2) is 0 Å². The van der Waals surface area contributed by atoms with Crippen molar-refractivity contribution in [3.05, 3.63) is 71.9 Å². The van der Waals surface area contributed by atoms with Gasteiger partial charge in [0.25, 0.3) is 11.8 Å². The zero-order valence-electron chi connectivity index (χ0n) is 31.7. The monoisotopic (exact) mass is 794 g/mol. The van der Waals surface area contributed by atoms with Crippen LogP contribution in [0.5, 0.6) is 11.6 Å². The second kappa shape index (κ2) is 15.0. The molecule has 55 heavy (non-hydrogen) atoms. The second-order valence-electron chi connectivity index (χ2n) is 15.7. The molecule has 5 atom stereocenters. The molecule has 1 saturated heterocycles. The average Bonchev–Trinajstić information content (AvgIpc) is 4.06. The summed E-state index contributed by atoms with van der Waals surface area (Å²) in [5.41, 5.74) is -1.16. The molecule has 2 saturated carbocycles. The van der Waals surface area contributed by atoms with E-state index in [4.69, 9.17) is 21.1 Å². The number of pyridine rings is 1. The third-order valence-corrected chi connectivity index (χ3v) is 12.4. The van der Waals surface area contributed by atoms with E-state index in [-0.39, 0.29) is 31.2 Å². The molecule has 6 rings (SSSR count). The van der Waals surface area contributed by atoms with Crippen molar-refractivity contribution in [1.29, 1.82) is 0 Å². The summed E-state index contributed by atoms with van der Waals surface area (Å²) < 4.78 is 39.6. The molecule has 0 bridgehead atoms. The van der Waals surface area contributed by atoms with Gasteiger partial charge in [-0.1, -0.05) is 38.4 Å². The number of nitrogens with zero attached hydrogens (tertiary/aromatic N) is 3. The molecule has 4 amide bonds. The molecule has 16 heteroatoms. The second-order valence-corrected chi connectivity index (χ2v) is 18.1. The number of anilines is 1. The number of ether oxygens (including phenoxy) is 2. The number of benzene rings is 2. The quantitative estimate of drug-likeness (QED) is 0.213. The molecule has 3 fully saturated rings. The molecule has 3 aromatic rings. The molecule has 1 aromatic heterocycles. The number of carbonyl (C=O) groups is 4. The first kappa shape index (κ1) is 39.8. The molecular weight excluding hydrogens is 748 g/mol. The van der Waals surface area contributed by atoms with Crippen LogP contribution >= 0.6 is 11.6 Å². The Morgan fingerprint density at radius 1 is 1.09 bits per heavy atom. The molecule has 0 radical (unpaired) electrons. The largest absolute Gasteiger partial charge is 0.494 e. The van der Waals surface area contributed by atoms with E-state index < -0.39 is 68.1 Å². The number of carbonyl (C=O) groups excluding carboxylic acids is 4. The van der Waals surface area contributed by atoms with Crippen LogP contribution in [-0.2, 0) is 24.4 Å². The third-order valence-electron chi connectivity index (χ3n) is 10.3. The lowest BCUT2D eigenvalue weighted by Crippen LogP contribution is -2.58. The first-order valence-electron chi connectivity index (χ1n) is 18.1. The summed E-state index contributed by atoms with van der Waals surface area (Å²) in [6, 6.07) is 9.99. The normalized spacial score (nSPS) is 22.7. The fraction of sp³-hybridized carbons (Fsp3) is 0.462. The van der Waals surface area contributed by atoms with Gasteiger partial charge in [0.05, 0.1) is 25.1 Å². The predicted molar refractivity (Wildman–Crippen MR) is 208 cm³/mol. The Morgan fingerprint density at radius 3 is 2.36 bits per heavy atom. The van der Waals surface area contributed by atoms with Crippen molar-refractivity contribution in [3.63, 3.8) is 0 Å². The van der Waals surface area contributed by atoms with E-state index >= 15 is 0 Å². The number of sulfonamides is 1. The number of aromatic nitrogens is 1. The topological polar surface area (TPSA) is 176 Å². The van der Waals surface area contributed by atoms with E-state index in [0.717, 1.165) is 0 Å². The Balaban J connectivity index is 1.31. The van der Waals surface area contributed by atoms with Gasteiger partial charge in [-0.25, -0.2) is 13.4 Å². The first-order chi connectivity index (χ1) is 25.9. The molecule has 14 nitrogen and oxygen atoms in total. The predicted octanol–water partition coefficient (Wildman–Crippen LogP) is 4.14. The van der Waals surface area contributed by atoms with Gasteiger partial charge in [-0.2, -0.15) is 0 Å². The van der Waals surface area contributed by atoms with Gasteiger partial charge < -0.3 is 29.9 Å². The zero-order valence-corrected chi connectivity index (χ0v) is 33.3. The summed E-state index contributed by atoms with van der Waals surface area (Å²) in [4.78, 5) is 62.6. The number of likely N-dealkylation sites (tertiary alicyclic amines) is 1. The molecule has 294 valence electrons. The Labute approximate surface area is 326 Å². The standard InChI is InChI=1S/C39H47ClN6O8S/c1-8-23-19-39(23,37(50)44-55(51,52)27-14-15-27)43-33(47)30-18-26(54-34-29-17-24(40)11-16-28(29)31(53-7)20-41-34)21-46(30)36(49)32(38(2,3)4)42-25-12-9-22(10-13-25)35(48)45(5)6/h8-13,16-17,20,23,26-27,30,32,42H,1,14-15,18-19,21H2,2-7H3,(H,43,47)(H,44,50)/t23-,26-,30+,32+,39-/m1/s1. The molecule has 1 aliphatic heterocycles. The van der Waals surface area contributed by atoms with Gasteiger partial charge in [-0.15, -0.1) is 6.58 Å². The number of nitrogens with one attached hydrogen (secondary N) is 3. The molecule has 0 spiro atoms. The summed E-state index contributed by atoms with van der Waals surface area (Å²) in [6.45, 7) is 9.44. The van der Waals surface area contributed by atoms with Gasteiger partial charge >= 0.3 is 0 Å². The van der Waals surface area contributed by atoms with Crippen molar-refractivity contribution in [2.24, 2.45) is 11.3 Å². The first-order valence-corrected chi connectivity index (χ1v) is 20.0. The number of methoxy groups -OCH3 is 1. The van der Waals surface area contributed by atoms with Gasteiger partial charge in [-0.3, -0.25) is 23.9 Å². The van der Waals surface area contributed by atoms with Crippen LogP contribution < -0.4 is 24.8 Å². The van der Waals surface area contributed by atoms with Gasteiger partial charge in [0, 0.05) is 53.5 Å². The summed E-state index contributed by atoms with van der Waals surface area (Å²) in [7, 11) is 0.947. The number of hydrogen-bond donors (Lipinski definition) is 3. The number of hydrogen-bond acceptors (Lipinski definition) is 10. The van der Waals surface area contributed by atoms with E-state index in [1.54, 1.807) is 56.6 Å². The van der Waals surface area contributed by atoms with E-state index in [9.17, 15) is 27.6 Å². The van der Waals surface area contributed by atoms with Crippen molar-refractivity contribution in [2.45, 2.75) is 75.4 Å². The SMILES string of the molecule is C=C[C@@H]1C[C@]1(NC(=O)[C@@H]1C[C@@H](Oc2ncc(OC)c3ccc(Cl)cc23)CN1C(=O)[C@H](Nc1ccc(C(=O)N(C)C)cc1)C(C)(C)C)C(=O)NS(=O)(=O)C1CC1. The van der Waals surface area contributed by atoms with Crippen LogP contribution in [0.4, 0.5) is 5.69 Å². The van der Waals surface area contributed by atoms with Crippen molar-refractivity contribution in [1.82, 2.24) is 24.8 Å². The summed E-state index contributed by atoms with van der Waals surface area (Å²) >= 11 is 6.36. The Morgan fingerprint density at radius 2 is 1.78 bits per heavy atom. The van der Waals surface area contributed by atoms with E-state index in [1.165, 1.54) is 29.2 Å². The van der Waals surface area contributed by atoms with Gasteiger partial charge in [0.2, 0.25) is 27.7 Å². The van der Waals surface area contributed by atoms with Crippen LogP contribution in [0, 0.1) is 11.3 Å². The minimum atomic E-state index is -3.90. The fourth-order valence-electron chi connectivity index (χ4n) is 6.92. The van der Waals surface area contributed by atoms with Crippen LogP contribution in [0.1, 0.15) is 56.8 Å². The number of rotatable bonds is 13. The Kier molecular flexibility index (Phi) is 10.8. The number of fused-ring (bicyclic) bond motifs is 1. The molecule has 2 heterocycles. The maximum absolute atomic E-state index is 14.8. The molecule has 0 unspecified atom stereocenters. The van der Waals surface area contributed by atoms with Crippen LogP contribution in [0.3, 0.4) is 0 Å². The molecular formula is C39H47ClN6O8S. The Hall–Kier alpha value is -4.89. The highest BCUT2D eigenvalue weighted by molar-refractivity contribution is 7.91. The fourth-order valence-corrected chi connectivity index (χ4v) is 8.46. The van der Waals surface area contributed by atoms with Gasteiger partial charge in [0.1, 0.15) is 29.5 Å². The minimum absolute atomic E-state index is 0.0165.